The molecule has 188 valence electrons. The Morgan fingerprint density at radius 2 is 1.80 bits per heavy atom. The molecule has 0 radical (unpaired) electrons. The van der Waals surface area contributed by atoms with Crippen molar-refractivity contribution < 1.29 is 19.3 Å². The summed E-state index contributed by atoms with van der Waals surface area (Å²) in [7, 11) is 1.65. The van der Waals surface area contributed by atoms with Gasteiger partial charge in [-0.25, -0.2) is 0 Å². The second-order valence-electron chi connectivity index (χ2n) is 9.34. The van der Waals surface area contributed by atoms with Gasteiger partial charge in [-0.05, 0) is 67.6 Å². The second-order valence-corrected chi connectivity index (χ2v) is 9.74. The zero-order valence-electron chi connectivity index (χ0n) is 20.7. The number of methoxy groups -OCH3 is 1. The van der Waals surface area contributed by atoms with E-state index < -0.39 is 5.60 Å². The number of aliphatic hydroxyl groups is 1. The topological polar surface area (TPSA) is 69.0 Å². The Kier molecular flexibility index (Phi) is 8.21. The summed E-state index contributed by atoms with van der Waals surface area (Å²) >= 11 is 6.23. The molecule has 0 amide bonds. The largest absolute Gasteiger partial charge is 0.493 e. The lowest BCUT2D eigenvalue weighted by Crippen LogP contribution is -2.47. The minimum Gasteiger partial charge on any atom is -0.493 e. The number of hydrogen-bond acceptors (Lipinski definition) is 6. The number of halogens is 1. The number of aryl methyl sites for hydroxylation is 2. The Morgan fingerprint density at radius 1 is 1.00 bits per heavy atom. The molecule has 8 heteroatoms. The summed E-state index contributed by atoms with van der Waals surface area (Å²) in [5.74, 6) is 2.06. The minimum atomic E-state index is -0.859. The molecule has 0 saturated carbocycles. The first-order valence-corrected chi connectivity index (χ1v) is 12.3. The summed E-state index contributed by atoms with van der Waals surface area (Å²) in [6, 6.07) is 11.7. The van der Waals surface area contributed by atoms with Crippen molar-refractivity contribution in [1.82, 2.24) is 14.7 Å². The SMILES string of the molecule is COc1ccc(CN2CCC(O)(COc3cc(C)ccc3Cl)CC2)cc1OCCn1cc(C)cn1. The number of likely N-dealkylation sites (tertiary alicyclic amines) is 1. The van der Waals surface area contributed by atoms with Crippen LogP contribution >= 0.6 is 11.6 Å². The van der Waals surface area contributed by atoms with Crippen molar-refractivity contribution >= 4 is 11.6 Å². The van der Waals surface area contributed by atoms with Crippen LogP contribution in [0.25, 0.3) is 0 Å². The second kappa shape index (κ2) is 11.3. The molecule has 1 aromatic heterocycles. The zero-order chi connectivity index (χ0) is 24.8. The molecule has 0 atom stereocenters. The van der Waals surface area contributed by atoms with Crippen molar-refractivity contribution in [2.45, 2.75) is 45.4 Å². The van der Waals surface area contributed by atoms with Gasteiger partial charge in [0.15, 0.2) is 11.5 Å². The van der Waals surface area contributed by atoms with Crippen molar-refractivity contribution in [3.63, 3.8) is 0 Å². The van der Waals surface area contributed by atoms with E-state index in [1.54, 1.807) is 7.11 Å². The number of hydrogen-bond donors (Lipinski definition) is 1. The Balaban J connectivity index is 1.29. The number of nitrogens with zero attached hydrogens (tertiary/aromatic N) is 3. The standard InChI is InChI=1S/C27H34ClN3O4/c1-20-4-6-23(28)25(14-20)35-19-27(32)8-10-30(11-9-27)18-22-5-7-24(33-3)26(15-22)34-13-12-31-17-21(2)16-29-31/h4-7,14-17,32H,8-13,18-19H2,1-3H3. The minimum absolute atomic E-state index is 0.236. The van der Waals surface area contributed by atoms with Gasteiger partial charge in [0.1, 0.15) is 24.6 Å². The molecule has 1 fully saturated rings. The number of ether oxygens (including phenoxy) is 3. The van der Waals surface area contributed by atoms with Gasteiger partial charge in [0.05, 0.1) is 24.9 Å². The Labute approximate surface area is 212 Å². The van der Waals surface area contributed by atoms with Crippen LogP contribution in [0.5, 0.6) is 17.2 Å². The molecule has 1 N–H and O–H groups in total. The maximum Gasteiger partial charge on any atom is 0.161 e. The number of rotatable bonds is 10. The third kappa shape index (κ3) is 6.90. The third-order valence-electron chi connectivity index (χ3n) is 6.34. The monoisotopic (exact) mass is 499 g/mol. The van der Waals surface area contributed by atoms with Crippen molar-refractivity contribution in [2.24, 2.45) is 0 Å². The summed E-state index contributed by atoms with van der Waals surface area (Å²) in [4.78, 5) is 2.34. The van der Waals surface area contributed by atoms with Gasteiger partial charge >= 0.3 is 0 Å². The van der Waals surface area contributed by atoms with Crippen LogP contribution in [0.1, 0.15) is 29.5 Å². The number of benzene rings is 2. The molecule has 0 spiro atoms. The summed E-state index contributed by atoms with van der Waals surface area (Å²) in [6.45, 7) is 7.76. The summed E-state index contributed by atoms with van der Waals surface area (Å²) < 4.78 is 19.3. The van der Waals surface area contributed by atoms with Crippen LogP contribution in [0.2, 0.25) is 5.02 Å². The Bertz CT molecular complexity index is 1130. The molecule has 1 aliphatic rings. The lowest BCUT2D eigenvalue weighted by atomic mass is 9.92. The molecule has 4 rings (SSSR count). The Morgan fingerprint density at radius 3 is 2.51 bits per heavy atom. The normalized spacial score (nSPS) is 15.7. The highest BCUT2D eigenvalue weighted by molar-refractivity contribution is 6.32. The van der Waals surface area contributed by atoms with Crippen LogP contribution in [0.15, 0.2) is 48.8 Å². The molecule has 3 aromatic rings. The van der Waals surface area contributed by atoms with Gasteiger partial charge in [-0.1, -0.05) is 23.7 Å². The first-order chi connectivity index (χ1) is 16.8. The van der Waals surface area contributed by atoms with E-state index in [2.05, 4.69) is 16.1 Å². The molecule has 35 heavy (non-hydrogen) atoms. The van der Waals surface area contributed by atoms with Gasteiger partial charge in [0.25, 0.3) is 0 Å². The number of aromatic nitrogens is 2. The van der Waals surface area contributed by atoms with Crippen molar-refractivity contribution in [1.29, 1.82) is 0 Å². The van der Waals surface area contributed by atoms with E-state index in [-0.39, 0.29) is 6.61 Å². The van der Waals surface area contributed by atoms with E-state index in [1.165, 1.54) is 0 Å². The van der Waals surface area contributed by atoms with Crippen molar-refractivity contribution in [3.05, 3.63) is 70.5 Å². The van der Waals surface area contributed by atoms with E-state index in [0.29, 0.717) is 42.5 Å². The lowest BCUT2D eigenvalue weighted by molar-refractivity contribution is -0.0537. The van der Waals surface area contributed by atoms with Crippen LogP contribution in [-0.2, 0) is 13.1 Å². The zero-order valence-corrected chi connectivity index (χ0v) is 21.4. The van der Waals surface area contributed by atoms with Gasteiger partial charge < -0.3 is 19.3 Å². The average molecular weight is 500 g/mol. The maximum atomic E-state index is 11.0. The van der Waals surface area contributed by atoms with Crippen LogP contribution < -0.4 is 14.2 Å². The molecule has 0 aliphatic carbocycles. The smallest absolute Gasteiger partial charge is 0.161 e. The quantitative estimate of drug-likeness (QED) is 0.438. The molecule has 1 saturated heterocycles. The average Bonchev–Trinajstić information content (AvgIpc) is 3.26. The van der Waals surface area contributed by atoms with E-state index >= 15 is 0 Å². The fourth-order valence-corrected chi connectivity index (χ4v) is 4.41. The van der Waals surface area contributed by atoms with E-state index in [1.807, 2.05) is 61.3 Å². The van der Waals surface area contributed by atoms with Crippen LogP contribution in [0.3, 0.4) is 0 Å². The molecule has 2 aromatic carbocycles. The van der Waals surface area contributed by atoms with Crippen LogP contribution in [-0.4, -0.2) is 58.8 Å². The highest BCUT2D eigenvalue weighted by atomic mass is 35.5. The summed E-state index contributed by atoms with van der Waals surface area (Å²) in [6.07, 6.45) is 5.11. The highest BCUT2D eigenvalue weighted by Crippen LogP contribution is 2.31. The van der Waals surface area contributed by atoms with Crippen LogP contribution in [0, 0.1) is 13.8 Å². The van der Waals surface area contributed by atoms with Gasteiger partial charge in [-0.15, -0.1) is 0 Å². The predicted octanol–water partition coefficient (Wildman–Crippen LogP) is 4.65. The van der Waals surface area contributed by atoms with Gasteiger partial charge in [-0.2, -0.15) is 5.10 Å². The predicted molar refractivity (Wildman–Crippen MR) is 137 cm³/mol. The van der Waals surface area contributed by atoms with Crippen molar-refractivity contribution in [2.75, 3.05) is 33.4 Å². The molecular formula is C27H34ClN3O4. The van der Waals surface area contributed by atoms with E-state index in [4.69, 9.17) is 25.8 Å². The molecule has 2 heterocycles. The van der Waals surface area contributed by atoms with Crippen LogP contribution in [0.4, 0.5) is 0 Å². The van der Waals surface area contributed by atoms with Crippen molar-refractivity contribution in [3.8, 4) is 17.2 Å². The molecule has 7 nitrogen and oxygen atoms in total. The molecule has 0 bridgehead atoms. The summed E-state index contributed by atoms with van der Waals surface area (Å²) in [5, 5.41) is 15.9. The summed E-state index contributed by atoms with van der Waals surface area (Å²) in [5.41, 5.74) is 2.49. The Hall–Kier alpha value is -2.74. The van der Waals surface area contributed by atoms with E-state index in [9.17, 15) is 5.11 Å². The number of piperidine rings is 1. The molecular weight excluding hydrogens is 466 g/mol. The van der Waals surface area contributed by atoms with Gasteiger partial charge in [0.2, 0.25) is 0 Å². The fraction of sp³-hybridized carbons (Fsp3) is 0.444. The van der Waals surface area contributed by atoms with Gasteiger partial charge in [0, 0.05) is 25.8 Å². The third-order valence-corrected chi connectivity index (χ3v) is 6.66. The maximum absolute atomic E-state index is 11.0. The lowest BCUT2D eigenvalue weighted by Gasteiger charge is -2.38. The molecule has 1 aliphatic heterocycles. The first-order valence-electron chi connectivity index (χ1n) is 12.0. The first kappa shape index (κ1) is 25.4. The molecule has 0 unspecified atom stereocenters. The van der Waals surface area contributed by atoms with E-state index in [0.717, 1.165) is 42.1 Å². The highest BCUT2D eigenvalue weighted by Gasteiger charge is 2.33. The fourth-order valence-electron chi connectivity index (χ4n) is 4.23. The van der Waals surface area contributed by atoms with Gasteiger partial charge in [-0.3, -0.25) is 9.58 Å².